The van der Waals surface area contributed by atoms with Crippen molar-refractivity contribution in [3.05, 3.63) is 72.8 Å². The zero-order valence-corrected chi connectivity index (χ0v) is 12.6. The number of hydrogen-bond donors (Lipinski definition) is 1. The largest absolute Gasteiger partial charge is 0.483 e. The van der Waals surface area contributed by atoms with Gasteiger partial charge in [-0.05, 0) is 24.3 Å². The Balaban J connectivity index is 2.11. The van der Waals surface area contributed by atoms with Crippen LogP contribution in [0.5, 0.6) is 5.75 Å². The molecule has 2 N–H and O–H groups in total. The number of nitrogens with two attached hydrogens (primary N) is 1. The molecule has 0 aliphatic carbocycles. The van der Waals surface area contributed by atoms with E-state index in [9.17, 15) is 9.59 Å². The highest BCUT2D eigenvalue weighted by Gasteiger charge is 2.16. The van der Waals surface area contributed by atoms with E-state index in [2.05, 4.69) is 6.58 Å². The molecule has 0 aliphatic heterocycles. The van der Waals surface area contributed by atoms with Gasteiger partial charge in [0, 0.05) is 12.2 Å². The first-order valence-corrected chi connectivity index (χ1v) is 7.11. The molecule has 0 heterocycles. The summed E-state index contributed by atoms with van der Waals surface area (Å²) in [4.78, 5) is 25.3. The number of primary amides is 1. The molecular formula is C18H18N2O3. The number of carbonyl (C=O) groups is 2. The van der Waals surface area contributed by atoms with Gasteiger partial charge in [0.15, 0.2) is 6.61 Å². The summed E-state index contributed by atoms with van der Waals surface area (Å²) >= 11 is 0. The van der Waals surface area contributed by atoms with Gasteiger partial charge in [-0.1, -0.05) is 36.4 Å². The van der Waals surface area contributed by atoms with Crippen molar-refractivity contribution < 1.29 is 14.3 Å². The van der Waals surface area contributed by atoms with E-state index in [-0.39, 0.29) is 18.1 Å². The van der Waals surface area contributed by atoms with Gasteiger partial charge in [0.1, 0.15) is 5.75 Å². The first-order valence-electron chi connectivity index (χ1n) is 7.11. The third-order valence-electron chi connectivity index (χ3n) is 3.18. The summed E-state index contributed by atoms with van der Waals surface area (Å²) in [5, 5.41) is 0. The van der Waals surface area contributed by atoms with Gasteiger partial charge in [-0.15, -0.1) is 6.58 Å². The van der Waals surface area contributed by atoms with Crippen molar-refractivity contribution in [1.82, 2.24) is 0 Å². The molecule has 0 bridgehead atoms. The van der Waals surface area contributed by atoms with Gasteiger partial charge in [0.25, 0.3) is 11.8 Å². The highest BCUT2D eigenvalue weighted by Crippen LogP contribution is 2.18. The standard InChI is InChI=1S/C18H18N2O3/c1-2-12-20(14-8-4-3-5-9-14)17(21)13-23-16-11-7-6-10-15(16)18(19)22/h2-11H,1,12-13H2,(H2,19,22). The third kappa shape index (κ3) is 4.20. The summed E-state index contributed by atoms with van der Waals surface area (Å²) in [5.74, 6) is -0.547. The molecule has 0 aliphatic rings. The van der Waals surface area contributed by atoms with Crippen LogP contribution >= 0.6 is 0 Å². The lowest BCUT2D eigenvalue weighted by atomic mass is 10.2. The number of hydrogen-bond acceptors (Lipinski definition) is 3. The van der Waals surface area contributed by atoms with Crippen LogP contribution in [0.4, 0.5) is 5.69 Å². The Morgan fingerprint density at radius 2 is 1.74 bits per heavy atom. The molecule has 0 fully saturated rings. The molecular weight excluding hydrogens is 292 g/mol. The molecule has 0 saturated carbocycles. The fraction of sp³-hybridized carbons (Fsp3) is 0.111. The number of anilines is 1. The van der Waals surface area contributed by atoms with Gasteiger partial charge in [-0.2, -0.15) is 0 Å². The second kappa shape index (κ2) is 7.79. The summed E-state index contributed by atoms with van der Waals surface area (Å²) < 4.78 is 5.48. The van der Waals surface area contributed by atoms with Crippen LogP contribution in [0, 0.1) is 0 Å². The first kappa shape index (κ1) is 16.3. The average molecular weight is 310 g/mol. The monoisotopic (exact) mass is 310 g/mol. The first-order chi connectivity index (χ1) is 11.1. The van der Waals surface area contributed by atoms with E-state index < -0.39 is 5.91 Å². The molecule has 2 rings (SSSR count). The summed E-state index contributed by atoms with van der Waals surface area (Å²) in [6, 6.07) is 15.8. The zero-order chi connectivity index (χ0) is 16.7. The van der Waals surface area contributed by atoms with Crippen molar-refractivity contribution in [3.8, 4) is 5.75 Å². The maximum absolute atomic E-state index is 12.4. The van der Waals surface area contributed by atoms with Crippen molar-refractivity contribution in [2.75, 3.05) is 18.1 Å². The van der Waals surface area contributed by atoms with Gasteiger partial charge in [0.2, 0.25) is 0 Å². The number of benzene rings is 2. The Kier molecular flexibility index (Phi) is 5.52. The van der Waals surface area contributed by atoms with Gasteiger partial charge in [-0.25, -0.2) is 0 Å². The SMILES string of the molecule is C=CCN(C(=O)COc1ccccc1C(N)=O)c1ccccc1. The Labute approximate surface area is 135 Å². The molecule has 23 heavy (non-hydrogen) atoms. The fourth-order valence-electron chi connectivity index (χ4n) is 2.10. The summed E-state index contributed by atoms with van der Waals surface area (Å²) in [6.07, 6.45) is 1.64. The normalized spacial score (nSPS) is 9.91. The molecule has 0 spiro atoms. The topological polar surface area (TPSA) is 72.6 Å². The molecule has 2 amide bonds. The van der Waals surface area contributed by atoms with Crippen molar-refractivity contribution in [3.63, 3.8) is 0 Å². The molecule has 5 nitrogen and oxygen atoms in total. The van der Waals surface area contributed by atoms with Crippen molar-refractivity contribution in [2.45, 2.75) is 0 Å². The highest BCUT2D eigenvalue weighted by molar-refractivity contribution is 5.96. The molecule has 5 heteroatoms. The van der Waals surface area contributed by atoms with E-state index in [1.807, 2.05) is 30.3 Å². The van der Waals surface area contributed by atoms with Crippen LogP contribution in [0.3, 0.4) is 0 Å². The maximum Gasteiger partial charge on any atom is 0.265 e. The lowest BCUT2D eigenvalue weighted by Crippen LogP contribution is -2.35. The van der Waals surface area contributed by atoms with Crippen molar-refractivity contribution >= 4 is 17.5 Å². The molecule has 0 atom stereocenters. The van der Waals surface area contributed by atoms with Crippen LogP contribution in [-0.4, -0.2) is 25.0 Å². The van der Waals surface area contributed by atoms with E-state index in [0.29, 0.717) is 12.3 Å². The Bertz CT molecular complexity index is 698. The predicted molar refractivity (Wildman–Crippen MR) is 89.4 cm³/mol. The number of rotatable bonds is 7. The van der Waals surface area contributed by atoms with E-state index in [4.69, 9.17) is 10.5 Å². The van der Waals surface area contributed by atoms with Gasteiger partial charge in [0.05, 0.1) is 5.56 Å². The highest BCUT2D eigenvalue weighted by atomic mass is 16.5. The minimum Gasteiger partial charge on any atom is -0.483 e. The van der Waals surface area contributed by atoms with Crippen LogP contribution in [0.1, 0.15) is 10.4 Å². The quantitative estimate of drug-likeness (QED) is 0.798. The average Bonchev–Trinajstić information content (AvgIpc) is 2.58. The number of para-hydroxylation sites is 2. The Hall–Kier alpha value is -3.08. The van der Waals surface area contributed by atoms with Crippen molar-refractivity contribution in [1.29, 1.82) is 0 Å². The smallest absolute Gasteiger partial charge is 0.265 e. The van der Waals surface area contributed by atoms with Crippen LogP contribution in [0.15, 0.2) is 67.3 Å². The second-order valence-corrected chi connectivity index (χ2v) is 4.78. The third-order valence-corrected chi connectivity index (χ3v) is 3.18. The van der Waals surface area contributed by atoms with Crippen LogP contribution in [0.25, 0.3) is 0 Å². The second-order valence-electron chi connectivity index (χ2n) is 4.78. The summed E-state index contributed by atoms with van der Waals surface area (Å²) in [6.45, 7) is 3.83. The summed E-state index contributed by atoms with van der Waals surface area (Å²) in [7, 11) is 0. The number of ether oxygens (including phenoxy) is 1. The van der Waals surface area contributed by atoms with Crippen LogP contribution in [-0.2, 0) is 4.79 Å². The molecule has 2 aromatic carbocycles. The molecule has 118 valence electrons. The lowest BCUT2D eigenvalue weighted by molar-refractivity contribution is -0.120. The minimum atomic E-state index is -0.598. The van der Waals surface area contributed by atoms with Gasteiger partial charge < -0.3 is 15.4 Å². The molecule has 2 aromatic rings. The number of nitrogens with zero attached hydrogens (tertiary/aromatic N) is 1. The summed E-state index contributed by atoms with van der Waals surface area (Å²) in [5.41, 5.74) is 6.29. The lowest BCUT2D eigenvalue weighted by Gasteiger charge is -2.21. The van der Waals surface area contributed by atoms with Gasteiger partial charge in [-0.3, -0.25) is 9.59 Å². The fourth-order valence-corrected chi connectivity index (χ4v) is 2.10. The zero-order valence-electron chi connectivity index (χ0n) is 12.6. The van der Waals surface area contributed by atoms with E-state index >= 15 is 0 Å². The maximum atomic E-state index is 12.4. The van der Waals surface area contributed by atoms with Crippen molar-refractivity contribution in [2.24, 2.45) is 5.73 Å². The van der Waals surface area contributed by atoms with E-state index in [0.717, 1.165) is 5.69 Å². The Morgan fingerprint density at radius 3 is 2.39 bits per heavy atom. The minimum absolute atomic E-state index is 0.201. The molecule has 0 unspecified atom stereocenters. The number of carbonyl (C=O) groups excluding carboxylic acids is 2. The molecule has 0 radical (unpaired) electrons. The van der Waals surface area contributed by atoms with Crippen LogP contribution in [0.2, 0.25) is 0 Å². The molecule has 0 saturated heterocycles. The van der Waals surface area contributed by atoms with Crippen LogP contribution < -0.4 is 15.4 Å². The van der Waals surface area contributed by atoms with Gasteiger partial charge >= 0.3 is 0 Å². The van der Waals surface area contributed by atoms with E-state index in [1.165, 1.54) is 0 Å². The Morgan fingerprint density at radius 1 is 1.09 bits per heavy atom. The predicted octanol–water partition coefficient (Wildman–Crippen LogP) is 2.38. The van der Waals surface area contributed by atoms with E-state index in [1.54, 1.807) is 35.2 Å². The number of amides is 2. The molecule has 0 aromatic heterocycles.